The topological polar surface area (TPSA) is 146 Å². The van der Waals surface area contributed by atoms with E-state index in [4.69, 9.17) is 9.47 Å². The molecule has 3 amide bonds. The SMILES string of the molecule is CC(=O)N[C@H]1[C@H](OCCN2C(=O)c3ccccc3C2=O)O[C@H](CO)[C@@H](O)[C@@H]1O. The first-order chi connectivity index (χ1) is 13.3. The minimum atomic E-state index is -1.43. The van der Waals surface area contributed by atoms with E-state index in [2.05, 4.69) is 5.32 Å². The predicted octanol–water partition coefficient (Wildman–Crippen LogP) is -1.76. The molecule has 2 heterocycles. The van der Waals surface area contributed by atoms with E-state index >= 15 is 0 Å². The minimum absolute atomic E-state index is 0.0680. The fourth-order valence-electron chi connectivity index (χ4n) is 3.32. The smallest absolute Gasteiger partial charge is 0.261 e. The Kier molecular flexibility index (Phi) is 6.06. The Morgan fingerprint density at radius 2 is 1.79 bits per heavy atom. The molecule has 1 aromatic carbocycles. The zero-order chi connectivity index (χ0) is 20.4. The molecule has 5 atom stereocenters. The van der Waals surface area contributed by atoms with Gasteiger partial charge in [0, 0.05) is 6.92 Å². The average molecular weight is 394 g/mol. The van der Waals surface area contributed by atoms with Gasteiger partial charge in [-0.2, -0.15) is 0 Å². The number of hydrogen-bond acceptors (Lipinski definition) is 8. The lowest BCUT2D eigenvalue weighted by atomic mass is 9.97. The summed E-state index contributed by atoms with van der Waals surface area (Å²) >= 11 is 0. The molecule has 0 aromatic heterocycles. The molecule has 10 nitrogen and oxygen atoms in total. The summed E-state index contributed by atoms with van der Waals surface area (Å²) in [6.07, 6.45) is -5.14. The summed E-state index contributed by atoms with van der Waals surface area (Å²) in [5.74, 6) is -1.34. The van der Waals surface area contributed by atoms with Crippen molar-refractivity contribution in [3.8, 4) is 0 Å². The summed E-state index contributed by atoms with van der Waals surface area (Å²) in [5.41, 5.74) is 0.632. The number of aliphatic hydroxyl groups excluding tert-OH is 3. The number of amides is 3. The van der Waals surface area contributed by atoms with Crippen molar-refractivity contribution in [1.82, 2.24) is 10.2 Å². The number of benzene rings is 1. The maximum atomic E-state index is 12.3. The normalized spacial score (nSPS) is 29.7. The first kappa shape index (κ1) is 20.4. The third kappa shape index (κ3) is 3.77. The Balaban J connectivity index is 1.64. The molecule has 0 spiro atoms. The van der Waals surface area contributed by atoms with Gasteiger partial charge in [0.25, 0.3) is 11.8 Å². The number of ether oxygens (including phenoxy) is 2. The second-order valence-electron chi connectivity index (χ2n) is 6.61. The summed E-state index contributed by atoms with van der Waals surface area (Å²) in [7, 11) is 0. The van der Waals surface area contributed by atoms with Gasteiger partial charge < -0.3 is 30.1 Å². The van der Waals surface area contributed by atoms with Crippen LogP contribution in [0.5, 0.6) is 0 Å². The van der Waals surface area contributed by atoms with Gasteiger partial charge in [0.1, 0.15) is 24.4 Å². The number of nitrogens with one attached hydrogen (secondary N) is 1. The Morgan fingerprint density at radius 3 is 2.32 bits per heavy atom. The molecule has 0 unspecified atom stereocenters. The van der Waals surface area contributed by atoms with Crippen molar-refractivity contribution in [3.63, 3.8) is 0 Å². The van der Waals surface area contributed by atoms with Crippen LogP contribution in [0.3, 0.4) is 0 Å². The molecule has 28 heavy (non-hydrogen) atoms. The van der Waals surface area contributed by atoms with Gasteiger partial charge in [-0.25, -0.2) is 0 Å². The molecule has 0 saturated carbocycles. The Hall–Kier alpha value is -2.37. The van der Waals surface area contributed by atoms with E-state index in [0.29, 0.717) is 11.1 Å². The van der Waals surface area contributed by atoms with Crippen LogP contribution in [0.2, 0.25) is 0 Å². The number of imide groups is 1. The van der Waals surface area contributed by atoms with E-state index < -0.39 is 55.0 Å². The van der Waals surface area contributed by atoms with Gasteiger partial charge in [-0.15, -0.1) is 0 Å². The van der Waals surface area contributed by atoms with Gasteiger partial charge in [0.2, 0.25) is 5.91 Å². The summed E-state index contributed by atoms with van der Waals surface area (Å²) in [5, 5.41) is 31.9. The number of hydrogen-bond donors (Lipinski definition) is 4. The highest BCUT2D eigenvalue weighted by Gasteiger charge is 2.45. The van der Waals surface area contributed by atoms with Crippen LogP contribution in [0.25, 0.3) is 0 Å². The fourth-order valence-corrected chi connectivity index (χ4v) is 3.32. The summed E-state index contributed by atoms with van der Waals surface area (Å²) in [6.45, 7) is 0.463. The molecule has 1 aromatic rings. The van der Waals surface area contributed by atoms with E-state index in [1.165, 1.54) is 6.92 Å². The number of aliphatic hydroxyl groups is 3. The second-order valence-corrected chi connectivity index (χ2v) is 6.61. The number of nitrogens with zero attached hydrogens (tertiary/aromatic N) is 1. The molecule has 4 N–H and O–H groups in total. The molecule has 10 heteroatoms. The lowest BCUT2D eigenvalue weighted by Crippen LogP contribution is -2.64. The van der Waals surface area contributed by atoms with Crippen LogP contribution < -0.4 is 5.32 Å². The Bertz CT molecular complexity index is 735. The zero-order valence-corrected chi connectivity index (χ0v) is 15.1. The van der Waals surface area contributed by atoms with Crippen molar-refractivity contribution < 1.29 is 39.2 Å². The molecule has 0 aliphatic carbocycles. The predicted molar refractivity (Wildman–Crippen MR) is 93.1 cm³/mol. The summed E-state index contributed by atoms with van der Waals surface area (Å²) in [4.78, 5) is 37.1. The number of carbonyl (C=O) groups is 3. The van der Waals surface area contributed by atoms with Crippen LogP contribution in [0.15, 0.2) is 24.3 Å². The van der Waals surface area contributed by atoms with Crippen molar-refractivity contribution in [2.45, 2.75) is 37.6 Å². The summed E-state index contributed by atoms with van der Waals surface area (Å²) < 4.78 is 11.0. The highest BCUT2D eigenvalue weighted by molar-refractivity contribution is 6.21. The Morgan fingerprint density at radius 1 is 1.18 bits per heavy atom. The Labute approximate surface area is 160 Å². The molecule has 2 aliphatic heterocycles. The molecule has 0 radical (unpaired) electrons. The molecule has 1 fully saturated rings. The molecule has 0 bridgehead atoms. The quantitative estimate of drug-likeness (QED) is 0.415. The van der Waals surface area contributed by atoms with Crippen LogP contribution in [-0.2, 0) is 14.3 Å². The van der Waals surface area contributed by atoms with Crippen LogP contribution in [0.1, 0.15) is 27.6 Å². The first-order valence-corrected chi connectivity index (χ1v) is 8.81. The molecular weight excluding hydrogens is 372 g/mol. The van der Waals surface area contributed by atoms with Crippen LogP contribution >= 0.6 is 0 Å². The zero-order valence-electron chi connectivity index (χ0n) is 15.1. The second kappa shape index (κ2) is 8.33. The van der Waals surface area contributed by atoms with Gasteiger partial charge >= 0.3 is 0 Å². The third-order valence-electron chi connectivity index (χ3n) is 4.73. The van der Waals surface area contributed by atoms with Gasteiger partial charge in [0.05, 0.1) is 30.9 Å². The van der Waals surface area contributed by atoms with E-state index in [1.54, 1.807) is 24.3 Å². The van der Waals surface area contributed by atoms with Crippen molar-refractivity contribution in [2.75, 3.05) is 19.8 Å². The minimum Gasteiger partial charge on any atom is -0.394 e. The van der Waals surface area contributed by atoms with Crippen LogP contribution in [0.4, 0.5) is 0 Å². The molecule has 1 saturated heterocycles. The van der Waals surface area contributed by atoms with Gasteiger partial charge in [-0.3, -0.25) is 19.3 Å². The van der Waals surface area contributed by atoms with Gasteiger partial charge in [-0.05, 0) is 12.1 Å². The maximum absolute atomic E-state index is 12.3. The molecule has 2 aliphatic rings. The lowest BCUT2D eigenvalue weighted by molar-refractivity contribution is -0.270. The largest absolute Gasteiger partial charge is 0.394 e. The molecular formula is C18H22N2O8. The van der Waals surface area contributed by atoms with E-state index in [-0.39, 0.29) is 13.2 Å². The van der Waals surface area contributed by atoms with Crippen molar-refractivity contribution in [2.24, 2.45) is 0 Å². The average Bonchev–Trinajstić information content (AvgIpc) is 2.92. The number of rotatable bonds is 6. The highest BCUT2D eigenvalue weighted by atomic mass is 16.7. The van der Waals surface area contributed by atoms with Crippen molar-refractivity contribution in [1.29, 1.82) is 0 Å². The number of carbonyl (C=O) groups excluding carboxylic acids is 3. The van der Waals surface area contributed by atoms with Gasteiger partial charge in [-0.1, -0.05) is 12.1 Å². The van der Waals surface area contributed by atoms with Crippen molar-refractivity contribution in [3.05, 3.63) is 35.4 Å². The maximum Gasteiger partial charge on any atom is 0.261 e. The monoisotopic (exact) mass is 394 g/mol. The van der Waals surface area contributed by atoms with Crippen LogP contribution in [-0.4, -0.2) is 88.3 Å². The van der Waals surface area contributed by atoms with E-state index in [0.717, 1.165) is 4.90 Å². The highest BCUT2D eigenvalue weighted by Crippen LogP contribution is 2.24. The fraction of sp³-hybridized carbons (Fsp3) is 0.500. The van der Waals surface area contributed by atoms with Gasteiger partial charge in [0.15, 0.2) is 6.29 Å². The van der Waals surface area contributed by atoms with E-state index in [1.807, 2.05) is 0 Å². The molecule has 152 valence electrons. The van der Waals surface area contributed by atoms with Crippen molar-refractivity contribution >= 4 is 17.7 Å². The standard InChI is InChI=1S/C18H22N2O8/c1-9(22)19-13-15(24)14(23)12(8-21)28-18(13)27-7-6-20-16(25)10-4-2-3-5-11(10)17(20)26/h2-5,12-15,18,21,23-24H,6-8H2,1H3,(H,19,22)/t12-,13-,14-,15-,18-/m1/s1. The van der Waals surface area contributed by atoms with Crippen LogP contribution in [0, 0.1) is 0 Å². The van der Waals surface area contributed by atoms with E-state index in [9.17, 15) is 29.7 Å². The third-order valence-corrected chi connectivity index (χ3v) is 4.73. The first-order valence-electron chi connectivity index (χ1n) is 8.81. The molecule has 3 rings (SSSR count). The summed E-state index contributed by atoms with van der Waals surface area (Å²) in [6, 6.07) is 5.38. The number of fused-ring (bicyclic) bond motifs is 1. The lowest BCUT2D eigenvalue weighted by Gasteiger charge is -2.42.